The summed E-state index contributed by atoms with van der Waals surface area (Å²) in [5, 5.41) is 13.7. The third kappa shape index (κ3) is 4.85. The molecule has 1 aliphatic rings. The lowest BCUT2D eigenvalue weighted by Crippen LogP contribution is -2.38. The van der Waals surface area contributed by atoms with Crippen molar-refractivity contribution in [1.29, 1.82) is 0 Å². The number of para-hydroxylation sites is 1. The van der Waals surface area contributed by atoms with Gasteiger partial charge in [-0.3, -0.25) is 4.99 Å². The van der Waals surface area contributed by atoms with Crippen molar-refractivity contribution in [2.75, 3.05) is 13.2 Å². The molecule has 3 rings (SSSR count). The van der Waals surface area contributed by atoms with Gasteiger partial charge in [0, 0.05) is 12.0 Å². The fourth-order valence-electron chi connectivity index (χ4n) is 2.86. The third-order valence-corrected chi connectivity index (χ3v) is 4.30. The molecular formula is C19H23FIN3O2. The SMILES string of the molecule is CC(O)(CN=C(N)NC1CCOc2ccccc21)c1ccc(F)cc1.I. The minimum Gasteiger partial charge on any atom is -0.493 e. The van der Waals surface area contributed by atoms with Gasteiger partial charge in [0.15, 0.2) is 5.96 Å². The zero-order valence-corrected chi connectivity index (χ0v) is 16.8. The predicted octanol–water partition coefficient (Wildman–Crippen LogP) is 3.08. The summed E-state index contributed by atoms with van der Waals surface area (Å²) >= 11 is 0. The molecular weight excluding hydrogens is 448 g/mol. The Morgan fingerprint density at radius 3 is 2.73 bits per heavy atom. The van der Waals surface area contributed by atoms with Crippen LogP contribution in [0.25, 0.3) is 0 Å². The van der Waals surface area contributed by atoms with Gasteiger partial charge in [0.25, 0.3) is 0 Å². The summed E-state index contributed by atoms with van der Waals surface area (Å²) in [5.74, 6) is 0.754. The summed E-state index contributed by atoms with van der Waals surface area (Å²) in [6, 6.07) is 13.5. The molecule has 1 heterocycles. The van der Waals surface area contributed by atoms with Gasteiger partial charge < -0.3 is 20.9 Å². The van der Waals surface area contributed by atoms with Gasteiger partial charge in [-0.05, 0) is 30.7 Å². The molecule has 2 unspecified atom stereocenters. The van der Waals surface area contributed by atoms with E-state index in [0.717, 1.165) is 17.7 Å². The molecule has 0 aliphatic carbocycles. The normalized spacial score (nSPS) is 18.7. The van der Waals surface area contributed by atoms with E-state index in [1.807, 2.05) is 24.3 Å². The van der Waals surface area contributed by atoms with E-state index in [0.29, 0.717) is 12.2 Å². The molecule has 0 saturated carbocycles. The first-order chi connectivity index (χ1) is 12.0. The molecule has 0 fully saturated rings. The van der Waals surface area contributed by atoms with Crippen molar-refractivity contribution in [1.82, 2.24) is 5.32 Å². The van der Waals surface area contributed by atoms with Crippen LogP contribution in [0.3, 0.4) is 0 Å². The van der Waals surface area contributed by atoms with E-state index in [1.165, 1.54) is 12.1 Å². The first-order valence-electron chi connectivity index (χ1n) is 8.22. The number of fused-ring (bicyclic) bond motifs is 1. The Morgan fingerprint density at radius 1 is 1.31 bits per heavy atom. The third-order valence-electron chi connectivity index (χ3n) is 4.30. The molecule has 0 spiro atoms. The van der Waals surface area contributed by atoms with E-state index in [4.69, 9.17) is 10.5 Å². The van der Waals surface area contributed by atoms with Crippen molar-refractivity contribution < 1.29 is 14.2 Å². The number of benzene rings is 2. The number of hydrogen-bond donors (Lipinski definition) is 3. The van der Waals surface area contributed by atoms with Gasteiger partial charge in [0.1, 0.15) is 17.2 Å². The lowest BCUT2D eigenvalue weighted by Gasteiger charge is -2.27. The van der Waals surface area contributed by atoms with Crippen molar-refractivity contribution >= 4 is 29.9 Å². The van der Waals surface area contributed by atoms with Gasteiger partial charge >= 0.3 is 0 Å². The Kier molecular flexibility index (Phi) is 6.82. The van der Waals surface area contributed by atoms with Crippen molar-refractivity contribution in [3.05, 3.63) is 65.5 Å². The maximum absolute atomic E-state index is 13.0. The van der Waals surface area contributed by atoms with Crippen LogP contribution in [0.2, 0.25) is 0 Å². The Bertz CT molecular complexity index is 766. The molecule has 2 aromatic carbocycles. The molecule has 0 radical (unpaired) electrons. The number of rotatable bonds is 4. The van der Waals surface area contributed by atoms with Crippen molar-refractivity contribution in [2.24, 2.45) is 10.7 Å². The fraction of sp³-hybridized carbons (Fsp3) is 0.316. The molecule has 4 N–H and O–H groups in total. The second-order valence-electron chi connectivity index (χ2n) is 6.35. The lowest BCUT2D eigenvalue weighted by atomic mass is 9.96. The van der Waals surface area contributed by atoms with Crippen LogP contribution in [0.5, 0.6) is 5.75 Å². The highest BCUT2D eigenvalue weighted by Crippen LogP contribution is 2.31. The highest BCUT2D eigenvalue weighted by molar-refractivity contribution is 14.0. The van der Waals surface area contributed by atoms with Crippen LogP contribution in [-0.4, -0.2) is 24.2 Å². The monoisotopic (exact) mass is 471 g/mol. The van der Waals surface area contributed by atoms with Gasteiger partial charge in [-0.15, -0.1) is 24.0 Å². The van der Waals surface area contributed by atoms with Crippen molar-refractivity contribution in [3.63, 3.8) is 0 Å². The van der Waals surface area contributed by atoms with Crippen LogP contribution in [0.15, 0.2) is 53.5 Å². The number of aliphatic imine (C=N–C) groups is 1. The number of hydrogen-bond acceptors (Lipinski definition) is 3. The number of nitrogens with zero attached hydrogens (tertiary/aromatic N) is 1. The molecule has 2 atom stereocenters. The van der Waals surface area contributed by atoms with Crippen LogP contribution in [-0.2, 0) is 5.60 Å². The molecule has 26 heavy (non-hydrogen) atoms. The van der Waals surface area contributed by atoms with Crippen LogP contribution >= 0.6 is 24.0 Å². The quantitative estimate of drug-likeness (QED) is 0.364. The summed E-state index contributed by atoms with van der Waals surface area (Å²) in [7, 11) is 0. The summed E-state index contributed by atoms with van der Waals surface area (Å²) < 4.78 is 18.6. The molecule has 7 heteroatoms. The van der Waals surface area contributed by atoms with Crippen molar-refractivity contribution in [2.45, 2.75) is 25.0 Å². The summed E-state index contributed by atoms with van der Waals surface area (Å²) in [5.41, 5.74) is 6.39. The minimum absolute atomic E-state index is 0. The average molecular weight is 471 g/mol. The second-order valence-corrected chi connectivity index (χ2v) is 6.35. The summed E-state index contributed by atoms with van der Waals surface area (Å²) in [4.78, 5) is 4.26. The number of guanidine groups is 1. The number of nitrogens with two attached hydrogens (primary N) is 1. The van der Waals surface area contributed by atoms with E-state index in [2.05, 4.69) is 10.3 Å². The fourth-order valence-corrected chi connectivity index (χ4v) is 2.86. The van der Waals surface area contributed by atoms with E-state index >= 15 is 0 Å². The predicted molar refractivity (Wildman–Crippen MR) is 110 cm³/mol. The first kappa shape index (κ1) is 20.4. The number of ether oxygens (including phenoxy) is 1. The van der Waals surface area contributed by atoms with Gasteiger partial charge in [-0.1, -0.05) is 30.3 Å². The Balaban J connectivity index is 0.00000243. The second kappa shape index (κ2) is 8.68. The maximum Gasteiger partial charge on any atom is 0.189 e. The maximum atomic E-state index is 13.0. The van der Waals surface area contributed by atoms with Crippen LogP contribution in [0, 0.1) is 5.82 Å². The number of aliphatic hydroxyl groups is 1. The zero-order chi connectivity index (χ0) is 17.9. The smallest absolute Gasteiger partial charge is 0.189 e. The largest absolute Gasteiger partial charge is 0.493 e. The molecule has 5 nitrogen and oxygen atoms in total. The lowest BCUT2D eigenvalue weighted by molar-refractivity contribution is 0.0672. The van der Waals surface area contributed by atoms with E-state index in [1.54, 1.807) is 19.1 Å². The Hall–Kier alpha value is -1.87. The van der Waals surface area contributed by atoms with Gasteiger partial charge in [-0.25, -0.2) is 4.39 Å². The highest BCUT2D eigenvalue weighted by atomic mass is 127. The molecule has 140 valence electrons. The number of nitrogens with one attached hydrogen (secondary N) is 1. The first-order valence-corrected chi connectivity index (χ1v) is 8.22. The zero-order valence-electron chi connectivity index (χ0n) is 14.5. The molecule has 0 amide bonds. The highest BCUT2D eigenvalue weighted by Gasteiger charge is 2.24. The molecule has 2 aromatic rings. The molecule has 0 aromatic heterocycles. The van der Waals surface area contributed by atoms with E-state index in [-0.39, 0.29) is 48.3 Å². The van der Waals surface area contributed by atoms with E-state index < -0.39 is 5.60 Å². The standard InChI is InChI=1S/C19H22FN3O2.HI/c1-19(24,13-6-8-14(20)9-7-13)12-22-18(21)23-16-10-11-25-17-5-3-2-4-15(16)17;/h2-9,16,24H,10-12H2,1H3,(H3,21,22,23);1H. The molecule has 0 bridgehead atoms. The topological polar surface area (TPSA) is 79.9 Å². The molecule has 0 saturated heterocycles. The molecule has 1 aliphatic heterocycles. The summed E-state index contributed by atoms with van der Waals surface area (Å²) in [6.45, 7) is 2.30. The van der Waals surface area contributed by atoms with Gasteiger partial charge in [0.05, 0.1) is 19.2 Å². The van der Waals surface area contributed by atoms with Gasteiger partial charge in [-0.2, -0.15) is 0 Å². The average Bonchev–Trinajstić information content (AvgIpc) is 2.61. The number of halogens is 2. The van der Waals surface area contributed by atoms with Gasteiger partial charge in [0.2, 0.25) is 0 Å². The Morgan fingerprint density at radius 2 is 2.00 bits per heavy atom. The minimum atomic E-state index is -1.23. The van der Waals surface area contributed by atoms with Crippen LogP contribution < -0.4 is 15.8 Å². The van der Waals surface area contributed by atoms with Crippen LogP contribution in [0.4, 0.5) is 4.39 Å². The van der Waals surface area contributed by atoms with Crippen LogP contribution in [0.1, 0.15) is 30.5 Å². The van der Waals surface area contributed by atoms with E-state index in [9.17, 15) is 9.50 Å². The summed E-state index contributed by atoms with van der Waals surface area (Å²) in [6.07, 6.45) is 0.779. The van der Waals surface area contributed by atoms with Crippen molar-refractivity contribution in [3.8, 4) is 5.75 Å². The Labute approximate surface area is 169 Å².